The molecule has 5 rings (SSSR count). The van der Waals surface area contributed by atoms with Crippen molar-refractivity contribution in [3.8, 4) is 5.75 Å². The monoisotopic (exact) mass is 651 g/mol. The summed E-state index contributed by atoms with van der Waals surface area (Å²) in [6.45, 7) is 13.1. The molecule has 3 unspecified atom stereocenters. The molecule has 3 heterocycles. The van der Waals surface area contributed by atoms with Gasteiger partial charge in [0.2, 0.25) is 11.8 Å². The molecule has 0 saturated carbocycles. The molecule has 10 heteroatoms. The van der Waals surface area contributed by atoms with Crippen LogP contribution in [-0.4, -0.2) is 76.6 Å². The second-order valence-corrected chi connectivity index (χ2v) is 13.8. The first-order valence-corrected chi connectivity index (χ1v) is 16.9. The Kier molecular flexibility index (Phi) is 10.3. The molecule has 3 aliphatic heterocycles. The molecule has 3 amide bonds. The molecule has 1 N–H and O–H groups in total. The van der Waals surface area contributed by atoms with Gasteiger partial charge in [0, 0.05) is 37.2 Å². The number of aliphatic hydroxyl groups excluding tert-OH is 1. The van der Waals surface area contributed by atoms with E-state index in [0.717, 1.165) is 6.42 Å². The van der Waals surface area contributed by atoms with Gasteiger partial charge in [0.1, 0.15) is 11.8 Å². The van der Waals surface area contributed by atoms with E-state index in [1.807, 2.05) is 43.3 Å². The number of nitrogens with zero attached hydrogens (tertiary/aromatic N) is 3. The molecule has 8 nitrogen and oxygen atoms in total. The van der Waals surface area contributed by atoms with Crippen molar-refractivity contribution in [1.29, 1.82) is 0 Å². The molecule has 2 aromatic rings. The molecule has 3 fully saturated rings. The van der Waals surface area contributed by atoms with Crippen molar-refractivity contribution in [3.63, 3.8) is 0 Å². The van der Waals surface area contributed by atoms with Crippen LogP contribution in [0.4, 0.5) is 11.4 Å². The Morgan fingerprint density at radius 3 is 2.42 bits per heavy atom. The van der Waals surface area contributed by atoms with Crippen LogP contribution < -0.4 is 14.5 Å². The fraction of sp³-hybridized carbons (Fsp3) is 0.457. The Morgan fingerprint density at radius 2 is 1.78 bits per heavy atom. The zero-order valence-electron chi connectivity index (χ0n) is 25.9. The minimum atomic E-state index is -0.800. The number of halogens is 1. The Balaban J connectivity index is 1.56. The number of unbranched alkanes of at least 4 members (excludes halogenated alkanes) is 1. The smallest absolute Gasteiger partial charge is 0.251 e. The summed E-state index contributed by atoms with van der Waals surface area (Å²) in [5.74, 6) is -1.09. The van der Waals surface area contributed by atoms with Gasteiger partial charge in [-0.05, 0) is 68.5 Å². The maximum Gasteiger partial charge on any atom is 0.251 e. The van der Waals surface area contributed by atoms with Crippen LogP contribution in [0, 0.1) is 17.8 Å². The predicted molar refractivity (Wildman–Crippen MR) is 181 cm³/mol. The molecule has 1 spiro atoms. The number of anilines is 2. The first kappa shape index (κ1) is 33.1. The third-order valence-electron chi connectivity index (χ3n) is 9.33. The lowest BCUT2D eigenvalue weighted by atomic mass is 9.65. The van der Waals surface area contributed by atoms with Crippen molar-refractivity contribution in [1.82, 2.24) is 4.90 Å². The number of hydrogen-bond donors (Lipinski definition) is 1. The highest BCUT2D eigenvalue weighted by Crippen LogP contribution is 2.69. The zero-order valence-corrected chi connectivity index (χ0v) is 27.5. The summed E-state index contributed by atoms with van der Waals surface area (Å²) >= 11 is 8.24. The van der Waals surface area contributed by atoms with E-state index in [2.05, 4.69) is 20.1 Å². The molecule has 2 aromatic carbocycles. The minimum absolute atomic E-state index is 0.00956. The number of carbonyl (C=O) groups excluding carboxylic acids is 3. The van der Waals surface area contributed by atoms with Gasteiger partial charge in [-0.2, -0.15) is 0 Å². The van der Waals surface area contributed by atoms with Crippen LogP contribution in [0.25, 0.3) is 0 Å². The van der Waals surface area contributed by atoms with Crippen molar-refractivity contribution in [3.05, 3.63) is 78.9 Å². The summed E-state index contributed by atoms with van der Waals surface area (Å²) < 4.78 is 4.81. The summed E-state index contributed by atoms with van der Waals surface area (Å²) in [7, 11) is 0. The number of hydrogen-bond acceptors (Lipinski definition) is 6. The van der Waals surface area contributed by atoms with Crippen LogP contribution in [0.15, 0.2) is 73.8 Å². The number of rotatable bonds is 14. The van der Waals surface area contributed by atoms with E-state index in [0.29, 0.717) is 48.1 Å². The fourth-order valence-electron chi connectivity index (χ4n) is 7.49. The quantitative estimate of drug-likeness (QED) is 0.212. The van der Waals surface area contributed by atoms with Gasteiger partial charge < -0.3 is 24.5 Å². The summed E-state index contributed by atoms with van der Waals surface area (Å²) in [6, 6.07) is 13.7. The van der Waals surface area contributed by atoms with Crippen LogP contribution >= 0.6 is 23.4 Å². The number of aliphatic hydroxyl groups is 1. The minimum Gasteiger partial charge on any atom is -0.494 e. The third kappa shape index (κ3) is 5.79. The number of thioether (sulfide) groups is 1. The van der Waals surface area contributed by atoms with Gasteiger partial charge in [-0.1, -0.05) is 42.8 Å². The average molecular weight is 652 g/mol. The highest BCUT2D eigenvalue weighted by molar-refractivity contribution is 8.02. The van der Waals surface area contributed by atoms with Gasteiger partial charge in [0.05, 0.1) is 33.9 Å². The number of ether oxygens (including phenoxy) is 1. The highest BCUT2D eigenvalue weighted by Gasteiger charge is 2.76. The van der Waals surface area contributed by atoms with E-state index in [1.165, 1.54) is 0 Å². The highest BCUT2D eigenvalue weighted by atomic mass is 35.5. The summed E-state index contributed by atoms with van der Waals surface area (Å²) in [6.07, 6.45) is 5.11. The van der Waals surface area contributed by atoms with Crippen LogP contribution in [0.1, 0.15) is 33.1 Å². The van der Waals surface area contributed by atoms with Gasteiger partial charge in [-0.15, -0.1) is 24.9 Å². The molecular weight excluding hydrogens is 610 g/mol. The number of likely N-dealkylation sites (tertiary alicyclic amines) is 1. The molecule has 0 radical (unpaired) electrons. The van der Waals surface area contributed by atoms with Gasteiger partial charge in [0.25, 0.3) is 5.91 Å². The Labute approximate surface area is 275 Å². The van der Waals surface area contributed by atoms with E-state index < -0.39 is 22.6 Å². The number of benzene rings is 2. The van der Waals surface area contributed by atoms with Crippen LogP contribution in [0.3, 0.4) is 0 Å². The molecule has 0 aliphatic carbocycles. The Hall–Kier alpha value is -3.27. The van der Waals surface area contributed by atoms with Gasteiger partial charge in [-0.25, -0.2) is 0 Å². The molecule has 0 aromatic heterocycles. The number of fused-ring (bicyclic) bond motifs is 1. The molecule has 6 atom stereocenters. The molecule has 3 saturated heterocycles. The van der Waals surface area contributed by atoms with Gasteiger partial charge in [-0.3, -0.25) is 14.4 Å². The Bertz CT molecular complexity index is 1440. The van der Waals surface area contributed by atoms with E-state index in [-0.39, 0.29) is 48.6 Å². The standard InChI is InChI=1S/C35H42ClN3O5S/c1-5-18-37(24-14-16-25(17-15-24)44-7-3)32(41)29-28-22-23(4)35(45-28)30(29)33(42)39(20-10-11-21-40)31(35)34(43)38(19-6-2)27-13-9-8-12-26(27)36/h5-6,8-9,12-17,23,28-31,40H,1-2,7,10-11,18-22H2,3-4H3/t23?,28-,29+,30-,31?,35?/m0/s1. The van der Waals surface area contributed by atoms with Crippen molar-refractivity contribution in [2.45, 2.75) is 49.1 Å². The third-order valence-corrected chi connectivity index (χ3v) is 11.7. The zero-order chi connectivity index (χ0) is 32.3. The maximum absolute atomic E-state index is 14.8. The number of carbonyl (C=O) groups is 3. The molecule has 2 bridgehead atoms. The second-order valence-electron chi connectivity index (χ2n) is 11.9. The molecular formula is C35H42ClN3O5S. The normalized spacial score (nSPS) is 26.4. The molecule has 45 heavy (non-hydrogen) atoms. The van der Waals surface area contributed by atoms with Crippen molar-refractivity contribution >= 4 is 52.5 Å². The summed E-state index contributed by atoms with van der Waals surface area (Å²) in [4.78, 5) is 49.0. The van der Waals surface area contributed by atoms with E-state index in [4.69, 9.17) is 16.3 Å². The topological polar surface area (TPSA) is 90.4 Å². The van der Waals surface area contributed by atoms with Crippen LogP contribution in [0.2, 0.25) is 5.02 Å². The second kappa shape index (κ2) is 14.0. The van der Waals surface area contributed by atoms with E-state index in [1.54, 1.807) is 50.7 Å². The van der Waals surface area contributed by atoms with E-state index in [9.17, 15) is 19.5 Å². The van der Waals surface area contributed by atoms with Crippen molar-refractivity contribution in [2.24, 2.45) is 17.8 Å². The first-order valence-electron chi connectivity index (χ1n) is 15.7. The number of para-hydroxylation sites is 1. The average Bonchev–Trinajstić information content (AvgIpc) is 3.63. The lowest BCUT2D eigenvalue weighted by Crippen LogP contribution is -2.57. The van der Waals surface area contributed by atoms with Gasteiger partial charge in [0.15, 0.2) is 0 Å². The molecule has 240 valence electrons. The fourth-order valence-corrected chi connectivity index (χ4v) is 10.1. The van der Waals surface area contributed by atoms with E-state index >= 15 is 0 Å². The first-order chi connectivity index (χ1) is 21.7. The summed E-state index contributed by atoms with van der Waals surface area (Å²) in [5, 5.41) is 9.85. The lowest BCUT2D eigenvalue weighted by molar-refractivity contribution is -0.139. The SMILES string of the molecule is C=CCN(C(=O)[C@@H]1[C@@H]2CC(C)C3(S2)C(C(=O)N(CC=C)c2ccccc2Cl)N(CCCCO)C(=O)[C@H]13)c1ccc(OCC)cc1. The van der Waals surface area contributed by atoms with Crippen LogP contribution in [0.5, 0.6) is 5.75 Å². The van der Waals surface area contributed by atoms with Crippen molar-refractivity contribution in [2.75, 3.05) is 42.6 Å². The number of amides is 3. The largest absolute Gasteiger partial charge is 0.494 e. The lowest BCUT2D eigenvalue weighted by Gasteiger charge is -2.41. The Morgan fingerprint density at radius 1 is 1.09 bits per heavy atom. The van der Waals surface area contributed by atoms with Gasteiger partial charge >= 0.3 is 0 Å². The maximum atomic E-state index is 14.8. The van der Waals surface area contributed by atoms with Crippen LogP contribution in [-0.2, 0) is 14.4 Å². The predicted octanol–water partition coefficient (Wildman–Crippen LogP) is 5.59. The molecule has 3 aliphatic rings. The summed E-state index contributed by atoms with van der Waals surface area (Å²) in [5.41, 5.74) is 1.25. The van der Waals surface area contributed by atoms with Crippen molar-refractivity contribution < 1.29 is 24.2 Å².